The molecule has 1 amide bonds. The molecule has 3 aromatic rings. The van der Waals surface area contributed by atoms with Crippen LogP contribution in [0.25, 0.3) is 5.82 Å². The van der Waals surface area contributed by atoms with Crippen molar-refractivity contribution < 1.29 is 4.79 Å². The molecule has 1 aliphatic rings. The normalized spacial score (nSPS) is 14.8. The molecule has 1 fully saturated rings. The van der Waals surface area contributed by atoms with Crippen molar-refractivity contribution >= 4 is 34.3 Å². The van der Waals surface area contributed by atoms with E-state index in [9.17, 15) is 4.79 Å². The van der Waals surface area contributed by atoms with Crippen LogP contribution in [0.5, 0.6) is 0 Å². The van der Waals surface area contributed by atoms with Gasteiger partial charge in [-0.2, -0.15) is 0 Å². The SMILES string of the molecule is O=C(NCc1ccc(I)cc1)C1CCN(c2cc(-n3ccnc3)ncn2)CC1. The van der Waals surface area contributed by atoms with Crippen LogP contribution in [0, 0.1) is 9.49 Å². The first kappa shape index (κ1) is 18.9. The number of piperidine rings is 1. The summed E-state index contributed by atoms with van der Waals surface area (Å²) in [5.41, 5.74) is 1.12. The Morgan fingerprint density at radius 1 is 1.14 bits per heavy atom. The van der Waals surface area contributed by atoms with Gasteiger partial charge in [-0.3, -0.25) is 9.36 Å². The number of carbonyl (C=O) groups excluding carboxylic acids is 1. The minimum Gasteiger partial charge on any atom is -0.356 e. The molecule has 0 bridgehead atoms. The van der Waals surface area contributed by atoms with Gasteiger partial charge in [-0.1, -0.05) is 12.1 Å². The molecule has 0 unspecified atom stereocenters. The molecule has 28 heavy (non-hydrogen) atoms. The maximum absolute atomic E-state index is 12.5. The third kappa shape index (κ3) is 4.49. The van der Waals surface area contributed by atoms with Gasteiger partial charge in [0.2, 0.25) is 5.91 Å². The van der Waals surface area contributed by atoms with Crippen molar-refractivity contribution in [2.24, 2.45) is 5.92 Å². The minimum absolute atomic E-state index is 0.0510. The number of imidazole rings is 1. The monoisotopic (exact) mass is 488 g/mol. The van der Waals surface area contributed by atoms with E-state index < -0.39 is 0 Å². The second kappa shape index (κ2) is 8.68. The zero-order valence-corrected chi connectivity index (χ0v) is 17.5. The average Bonchev–Trinajstić information content (AvgIpc) is 3.28. The summed E-state index contributed by atoms with van der Waals surface area (Å²) >= 11 is 2.28. The van der Waals surface area contributed by atoms with Gasteiger partial charge in [-0.15, -0.1) is 0 Å². The van der Waals surface area contributed by atoms with E-state index in [2.05, 4.69) is 72.0 Å². The largest absolute Gasteiger partial charge is 0.356 e. The Balaban J connectivity index is 1.31. The highest BCUT2D eigenvalue weighted by Gasteiger charge is 2.25. The number of nitrogens with zero attached hydrogens (tertiary/aromatic N) is 5. The van der Waals surface area contributed by atoms with E-state index in [-0.39, 0.29) is 11.8 Å². The van der Waals surface area contributed by atoms with Gasteiger partial charge in [-0.25, -0.2) is 15.0 Å². The number of halogens is 1. The fourth-order valence-corrected chi connectivity index (χ4v) is 3.71. The number of hydrogen-bond acceptors (Lipinski definition) is 5. The number of rotatable bonds is 5. The van der Waals surface area contributed by atoms with Crippen molar-refractivity contribution in [1.29, 1.82) is 0 Å². The summed E-state index contributed by atoms with van der Waals surface area (Å²) in [6, 6.07) is 10.2. The molecular weight excluding hydrogens is 467 g/mol. The molecule has 0 saturated carbocycles. The van der Waals surface area contributed by atoms with Gasteiger partial charge >= 0.3 is 0 Å². The van der Waals surface area contributed by atoms with E-state index >= 15 is 0 Å². The molecule has 1 aromatic carbocycles. The van der Waals surface area contributed by atoms with Gasteiger partial charge < -0.3 is 10.2 Å². The quantitative estimate of drug-likeness (QED) is 0.560. The van der Waals surface area contributed by atoms with Crippen LogP contribution in [0.1, 0.15) is 18.4 Å². The van der Waals surface area contributed by atoms with Gasteiger partial charge in [0.25, 0.3) is 0 Å². The van der Waals surface area contributed by atoms with Crippen molar-refractivity contribution in [2.75, 3.05) is 18.0 Å². The van der Waals surface area contributed by atoms with Crippen LogP contribution in [-0.2, 0) is 11.3 Å². The number of hydrogen-bond donors (Lipinski definition) is 1. The molecule has 0 aliphatic carbocycles. The summed E-state index contributed by atoms with van der Waals surface area (Å²) < 4.78 is 3.05. The Morgan fingerprint density at radius 3 is 2.61 bits per heavy atom. The highest BCUT2D eigenvalue weighted by molar-refractivity contribution is 14.1. The third-order valence-corrected chi connectivity index (χ3v) is 5.70. The fourth-order valence-electron chi connectivity index (χ4n) is 3.35. The van der Waals surface area contributed by atoms with Crippen molar-refractivity contribution in [3.8, 4) is 5.82 Å². The van der Waals surface area contributed by atoms with Gasteiger partial charge in [0, 0.05) is 47.6 Å². The van der Waals surface area contributed by atoms with Gasteiger partial charge in [0.15, 0.2) is 0 Å². The van der Waals surface area contributed by atoms with Crippen LogP contribution < -0.4 is 10.2 Å². The summed E-state index contributed by atoms with van der Waals surface area (Å²) in [4.78, 5) is 27.5. The highest BCUT2D eigenvalue weighted by Crippen LogP contribution is 2.23. The van der Waals surface area contributed by atoms with E-state index in [0.717, 1.165) is 43.1 Å². The smallest absolute Gasteiger partial charge is 0.223 e. The Labute approximate surface area is 177 Å². The number of carbonyl (C=O) groups is 1. The molecule has 1 saturated heterocycles. The molecule has 0 radical (unpaired) electrons. The number of benzene rings is 1. The Kier molecular flexibility index (Phi) is 5.84. The number of anilines is 1. The molecule has 2 aromatic heterocycles. The summed E-state index contributed by atoms with van der Waals surface area (Å²) in [6.45, 7) is 2.19. The lowest BCUT2D eigenvalue weighted by molar-refractivity contribution is -0.125. The lowest BCUT2D eigenvalue weighted by Crippen LogP contribution is -2.40. The van der Waals surface area contributed by atoms with Crippen LogP contribution in [0.3, 0.4) is 0 Å². The van der Waals surface area contributed by atoms with Crippen molar-refractivity contribution in [2.45, 2.75) is 19.4 Å². The molecule has 7 nitrogen and oxygen atoms in total. The fraction of sp³-hybridized carbons (Fsp3) is 0.300. The van der Waals surface area contributed by atoms with Crippen molar-refractivity contribution in [3.63, 3.8) is 0 Å². The molecule has 8 heteroatoms. The Bertz CT molecular complexity index is 920. The molecule has 0 atom stereocenters. The lowest BCUT2D eigenvalue weighted by Gasteiger charge is -2.32. The maximum Gasteiger partial charge on any atom is 0.223 e. The first-order valence-corrected chi connectivity index (χ1v) is 10.3. The molecule has 0 spiro atoms. The zero-order valence-electron chi connectivity index (χ0n) is 15.3. The molecule has 3 heterocycles. The predicted octanol–water partition coefficient (Wildman–Crippen LogP) is 2.80. The Hall–Kier alpha value is -2.49. The van der Waals surface area contributed by atoms with Gasteiger partial charge in [-0.05, 0) is 53.1 Å². The van der Waals surface area contributed by atoms with Crippen LogP contribution in [0.15, 0.2) is 55.4 Å². The lowest BCUT2D eigenvalue weighted by atomic mass is 9.96. The maximum atomic E-state index is 12.5. The standard InChI is InChI=1S/C20H21IN6O/c21-17-3-1-15(2-4-17)12-23-20(28)16-5-8-26(9-6-16)18-11-19(25-13-24-18)27-10-7-22-14-27/h1-4,7,10-11,13-14,16H,5-6,8-9,12H2,(H,23,28). The average molecular weight is 488 g/mol. The first-order valence-electron chi connectivity index (χ1n) is 9.26. The van der Waals surface area contributed by atoms with Crippen LogP contribution in [-0.4, -0.2) is 38.5 Å². The zero-order chi connectivity index (χ0) is 19.3. The Morgan fingerprint density at radius 2 is 1.89 bits per heavy atom. The summed E-state index contributed by atoms with van der Waals surface area (Å²) in [6.07, 6.45) is 8.52. The minimum atomic E-state index is 0.0510. The number of amides is 1. The number of aromatic nitrogens is 4. The summed E-state index contributed by atoms with van der Waals surface area (Å²) in [5, 5.41) is 3.07. The summed E-state index contributed by atoms with van der Waals surface area (Å²) in [7, 11) is 0. The topological polar surface area (TPSA) is 75.9 Å². The first-order chi connectivity index (χ1) is 13.7. The van der Waals surface area contributed by atoms with E-state index in [1.807, 2.05) is 16.8 Å². The molecule has 1 aliphatic heterocycles. The van der Waals surface area contributed by atoms with Crippen LogP contribution in [0.4, 0.5) is 5.82 Å². The van der Waals surface area contributed by atoms with Crippen LogP contribution in [0.2, 0.25) is 0 Å². The highest BCUT2D eigenvalue weighted by atomic mass is 127. The second-order valence-corrected chi connectivity index (χ2v) is 8.06. The molecule has 4 rings (SSSR count). The van der Waals surface area contributed by atoms with Gasteiger partial charge in [0.05, 0.1) is 0 Å². The van der Waals surface area contributed by atoms with Crippen molar-refractivity contribution in [3.05, 3.63) is 64.5 Å². The predicted molar refractivity (Wildman–Crippen MR) is 115 cm³/mol. The number of nitrogens with one attached hydrogen (secondary N) is 1. The van der Waals surface area contributed by atoms with E-state index in [1.165, 1.54) is 3.57 Å². The second-order valence-electron chi connectivity index (χ2n) is 6.81. The van der Waals surface area contributed by atoms with E-state index in [0.29, 0.717) is 6.54 Å². The van der Waals surface area contributed by atoms with Crippen molar-refractivity contribution in [1.82, 2.24) is 24.8 Å². The van der Waals surface area contributed by atoms with Gasteiger partial charge in [0.1, 0.15) is 24.3 Å². The van der Waals surface area contributed by atoms with E-state index in [4.69, 9.17) is 0 Å². The van der Waals surface area contributed by atoms with Crippen LogP contribution >= 0.6 is 22.6 Å². The molecule has 144 valence electrons. The summed E-state index contributed by atoms with van der Waals surface area (Å²) in [5.74, 6) is 1.87. The molecular formula is C20H21IN6O. The van der Waals surface area contributed by atoms with E-state index in [1.54, 1.807) is 18.9 Å². The molecule has 1 N–H and O–H groups in total. The third-order valence-electron chi connectivity index (χ3n) is 4.98.